The molecule has 23 heavy (non-hydrogen) atoms. The molecule has 0 radical (unpaired) electrons. The zero-order valence-electron chi connectivity index (χ0n) is 12.7. The van der Waals surface area contributed by atoms with E-state index in [9.17, 15) is 0 Å². The SMILES string of the molecule is c1coc(-c2cnc3oc(N4CCN5CCC4CC5)nc3c2)n1. The highest BCUT2D eigenvalue weighted by atomic mass is 16.4. The van der Waals surface area contributed by atoms with Crippen molar-refractivity contribution < 1.29 is 8.83 Å². The molecule has 0 spiro atoms. The average Bonchev–Trinajstić information content (AvgIpc) is 3.17. The zero-order valence-corrected chi connectivity index (χ0v) is 12.7. The number of hydrogen-bond acceptors (Lipinski definition) is 7. The van der Waals surface area contributed by atoms with Crippen molar-refractivity contribution in [1.29, 1.82) is 0 Å². The van der Waals surface area contributed by atoms with Gasteiger partial charge in [-0.25, -0.2) is 9.97 Å². The molecule has 6 rings (SSSR count). The first-order chi connectivity index (χ1) is 11.4. The van der Waals surface area contributed by atoms with Gasteiger partial charge in [0.2, 0.25) is 11.6 Å². The fourth-order valence-corrected chi connectivity index (χ4v) is 3.56. The molecule has 3 aliphatic rings. The molecule has 3 aliphatic heterocycles. The van der Waals surface area contributed by atoms with E-state index in [1.807, 2.05) is 6.07 Å². The van der Waals surface area contributed by atoms with Gasteiger partial charge in [-0.15, -0.1) is 0 Å². The molecule has 0 aliphatic carbocycles. The second-order valence-corrected chi connectivity index (χ2v) is 6.15. The van der Waals surface area contributed by atoms with Crippen LogP contribution in [0.1, 0.15) is 12.8 Å². The Kier molecular flexibility index (Phi) is 2.87. The number of pyridine rings is 1. The highest BCUT2D eigenvalue weighted by molar-refractivity contribution is 5.75. The van der Waals surface area contributed by atoms with E-state index in [2.05, 4.69) is 24.8 Å². The number of hydrogen-bond donors (Lipinski definition) is 0. The molecule has 0 aromatic carbocycles. The lowest BCUT2D eigenvalue weighted by atomic mass is 10.1. The van der Waals surface area contributed by atoms with Crippen LogP contribution in [0.25, 0.3) is 22.7 Å². The summed E-state index contributed by atoms with van der Waals surface area (Å²) in [5.41, 5.74) is 2.12. The van der Waals surface area contributed by atoms with E-state index in [4.69, 9.17) is 8.83 Å². The monoisotopic (exact) mass is 311 g/mol. The molecule has 0 unspecified atom stereocenters. The summed E-state index contributed by atoms with van der Waals surface area (Å²) in [7, 11) is 0. The maximum atomic E-state index is 5.92. The molecule has 3 fully saturated rings. The zero-order chi connectivity index (χ0) is 15.2. The number of oxazole rings is 2. The third kappa shape index (κ3) is 2.19. The summed E-state index contributed by atoms with van der Waals surface area (Å²) >= 11 is 0. The lowest BCUT2D eigenvalue weighted by Crippen LogP contribution is -2.38. The molecule has 7 nitrogen and oxygen atoms in total. The largest absolute Gasteiger partial charge is 0.444 e. The van der Waals surface area contributed by atoms with Crippen molar-refractivity contribution in [2.75, 3.05) is 31.1 Å². The van der Waals surface area contributed by atoms with Crippen LogP contribution >= 0.6 is 0 Å². The predicted octanol–water partition coefficient (Wildman–Crippen LogP) is 2.16. The van der Waals surface area contributed by atoms with E-state index >= 15 is 0 Å². The Hall–Kier alpha value is -2.41. The van der Waals surface area contributed by atoms with Gasteiger partial charge in [0.05, 0.1) is 11.8 Å². The van der Waals surface area contributed by atoms with Crippen LogP contribution in [0.15, 0.2) is 33.6 Å². The number of nitrogens with zero attached hydrogens (tertiary/aromatic N) is 5. The van der Waals surface area contributed by atoms with E-state index in [0.29, 0.717) is 23.7 Å². The van der Waals surface area contributed by atoms with Gasteiger partial charge in [-0.1, -0.05) is 0 Å². The lowest BCUT2D eigenvalue weighted by molar-refractivity contribution is 0.249. The van der Waals surface area contributed by atoms with Gasteiger partial charge in [0.25, 0.3) is 6.01 Å². The molecule has 7 heteroatoms. The minimum absolute atomic E-state index is 0.521. The van der Waals surface area contributed by atoms with Crippen molar-refractivity contribution in [3.8, 4) is 11.5 Å². The van der Waals surface area contributed by atoms with E-state index < -0.39 is 0 Å². The second-order valence-electron chi connectivity index (χ2n) is 6.15. The number of aromatic nitrogens is 3. The van der Waals surface area contributed by atoms with E-state index in [1.54, 1.807) is 18.7 Å². The molecule has 0 N–H and O–H groups in total. The van der Waals surface area contributed by atoms with Crippen LogP contribution in [-0.2, 0) is 0 Å². The first-order valence-corrected chi connectivity index (χ1v) is 8.02. The van der Waals surface area contributed by atoms with Crippen molar-refractivity contribution in [2.45, 2.75) is 18.9 Å². The molecule has 0 amide bonds. The molecule has 3 aromatic heterocycles. The minimum Gasteiger partial charge on any atom is -0.444 e. The van der Waals surface area contributed by atoms with Crippen LogP contribution in [0, 0.1) is 0 Å². The van der Waals surface area contributed by atoms with Crippen molar-refractivity contribution in [3.05, 3.63) is 24.7 Å². The number of rotatable bonds is 2. The van der Waals surface area contributed by atoms with Crippen LogP contribution in [0.5, 0.6) is 0 Å². The third-order valence-corrected chi connectivity index (χ3v) is 4.82. The standard InChI is InChI=1S/C16H17N5O2/c1-4-20-5-2-12(1)21(7-6-20)16-19-13-9-11(10-18-15(13)23-16)14-17-3-8-22-14/h3,8-10,12H,1-2,4-7H2. The summed E-state index contributed by atoms with van der Waals surface area (Å²) in [5, 5.41) is 0. The van der Waals surface area contributed by atoms with Crippen LogP contribution in [0.3, 0.4) is 0 Å². The molecule has 2 bridgehead atoms. The Bertz CT molecular complexity index is 820. The van der Waals surface area contributed by atoms with Gasteiger partial charge in [-0.3, -0.25) is 0 Å². The highest BCUT2D eigenvalue weighted by Crippen LogP contribution is 2.29. The summed E-state index contributed by atoms with van der Waals surface area (Å²) in [4.78, 5) is 18.0. The van der Waals surface area contributed by atoms with Gasteiger partial charge in [-0.05, 0) is 18.9 Å². The summed E-state index contributed by atoms with van der Waals surface area (Å²) in [5.74, 6) is 0.546. The molecule has 3 saturated heterocycles. The smallest absolute Gasteiger partial charge is 0.300 e. The van der Waals surface area contributed by atoms with Crippen molar-refractivity contribution in [2.24, 2.45) is 0 Å². The summed E-state index contributed by atoms with van der Waals surface area (Å²) in [6.07, 6.45) is 7.23. The van der Waals surface area contributed by atoms with Crippen LogP contribution < -0.4 is 4.90 Å². The number of piperidine rings is 1. The predicted molar refractivity (Wildman–Crippen MR) is 84.1 cm³/mol. The van der Waals surface area contributed by atoms with Gasteiger partial charge in [0, 0.05) is 38.4 Å². The van der Waals surface area contributed by atoms with Gasteiger partial charge >= 0.3 is 0 Å². The number of fused-ring (bicyclic) bond motifs is 5. The van der Waals surface area contributed by atoms with E-state index in [0.717, 1.165) is 24.2 Å². The Balaban J connectivity index is 1.52. The first kappa shape index (κ1) is 13.1. The highest BCUT2D eigenvalue weighted by Gasteiger charge is 2.31. The maximum absolute atomic E-state index is 5.92. The molecular formula is C16H17N5O2. The summed E-state index contributed by atoms with van der Waals surface area (Å²) in [6.45, 7) is 4.39. The van der Waals surface area contributed by atoms with Crippen LogP contribution in [0.2, 0.25) is 0 Å². The van der Waals surface area contributed by atoms with Gasteiger partial charge in [0.15, 0.2) is 0 Å². The van der Waals surface area contributed by atoms with Crippen molar-refractivity contribution >= 4 is 17.2 Å². The Morgan fingerprint density at radius 1 is 1.09 bits per heavy atom. The molecule has 3 aromatic rings. The summed E-state index contributed by atoms with van der Waals surface area (Å²) in [6, 6.07) is 3.12. The van der Waals surface area contributed by atoms with Crippen LogP contribution in [-0.4, -0.2) is 52.1 Å². The van der Waals surface area contributed by atoms with Crippen LogP contribution in [0.4, 0.5) is 6.01 Å². The Morgan fingerprint density at radius 3 is 2.83 bits per heavy atom. The Labute approximate surface area is 132 Å². The fraction of sp³-hybridized carbons (Fsp3) is 0.438. The average molecular weight is 311 g/mol. The minimum atomic E-state index is 0.521. The third-order valence-electron chi connectivity index (χ3n) is 4.82. The van der Waals surface area contributed by atoms with Gasteiger partial charge in [-0.2, -0.15) is 4.98 Å². The molecule has 118 valence electrons. The van der Waals surface area contributed by atoms with Crippen molar-refractivity contribution in [1.82, 2.24) is 19.9 Å². The molecule has 0 saturated carbocycles. The van der Waals surface area contributed by atoms with Crippen molar-refractivity contribution in [3.63, 3.8) is 0 Å². The molecule has 0 atom stereocenters. The topological polar surface area (TPSA) is 71.4 Å². The quantitative estimate of drug-likeness (QED) is 0.718. The lowest BCUT2D eigenvalue weighted by Gasteiger charge is -2.30. The van der Waals surface area contributed by atoms with Gasteiger partial charge in [0.1, 0.15) is 11.8 Å². The van der Waals surface area contributed by atoms with E-state index in [1.165, 1.54) is 25.9 Å². The maximum Gasteiger partial charge on any atom is 0.300 e. The fourth-order valence-electron chi connectivity index (χ4n) is 3.56. The summed E-state index contributed by atoms with van der Waals surface area (Å²) < 4.78 is 11.2. The molecule has 6 heterocycles. The normalized spacial score (nSPS) is 24.3. The van der Waals surface area contributed by atoms with E-state index in [-0.39, 0.29) is 0 Å². The first-order valence-electron chi connectivity index (χ1n) is 8.02. The second kappa shape index (κ2) is 5.06. The van der Waals surface area contributed by atoms with Gasteiger partial charge < -0.3 is 18.6 Å². The molecular weight excluding hydrogens is 294 g/mol. The Morgan fingerprint density at radius 2 is 2.00 bits per heavy atom. The number of anilines is 1.